The molecule has 0 atom stereocenters. The summed E-state index contributed by atoms with van der Waals surface area (Å²) in [6.45, 7) is 4.11. The fourth-order valence-corrected chi connectivity index (χ4v) is 3.69. The van der Waals surface area contributed by atoms with E-state index in [0.717, 1.165) is 0 Å². The molecule has 140 valence electrons. The molecule has 0 aromatic heterocycles. The van der Waals surface area contributed by atoms with Crippen molar-refractivity contribution in [3.8, 4) is 0 Å². The van der Waals surface area contributed by atoms with Crippen LogP contribution in [0.4, 0.5) is 0 Å². The Morgan fingerprint density at radius 2 is 1.85 bits per heavy atom. The van der Waals surface area contributed by atoms with Gasteiger partial charge in [0.1, 0.15) is 5.92 Å². The summed E-state index contributed by atoms with van der Waals surface area (Å²) in [4.78, 5) is 36.9. The molecule has 8 heteroatoms. The molecule has 2 rings (SSSR count). The maximum absolute atomic E-state index is 12.8. The maximum atomic E-state index is 12.8. The summed E-state index contributed by atoms with van der Waals surface area (Å²) in [6.07, 6.45) is 0.957. The number of carbonyl (C=O) groups excluding carboxylic acids is 3. The number of thiocarbonyl (C=S) groups is 1. The van der Waals surface area contributed by atoms with Gasteiger partial charge in [-0.15, -0.1) is 0 Å². The van der Waals surface area contributed by atoms with Gasteiger partial charge in [0.15, 0.2) is 22.5 Å². The number of ketones is 3. The van der Waals surface area contributed by atoms with E-state index < -0.39 is 11.7 Å². The van der Waals surface area contributed by atoms with E-state index in [2.05, 4.69) is 10.6 Å². The summed E-state index contributed by atoms with van der Waals surface area (Å²) in [6, 6.07) is 3.15. The Bertz CT molecular complexity index is 749. The van der Waals surface area contributed by atoms with Crippen LogP contribution in [0.1, 0.15) is 49.0 Å². The molecule has 0 amide bonds. The van der Waals surface area contributed by atoms with Crippen molar-refractivity contribution in [1.29, 1.82) is 0 Å². The second kappa shape index (κ2) is 8.93. The number of Topliss-reactive ketones (excluding diaryl/α,β-unsaturated/α-hetero) is 3. The molecule has 1 aliphatic carbocycles. The highest BCUT2D eigenvalue weighted by Gasteiger charge is 2.37. The van der Waals surface area contributed by atoms with Crippen molar-refractivity contribution in [1.82, 2.24) is 10.6 Å². The third-order valence-electron chi connectivity index (χ3n) is 4.05. The standard InChI is InChI=1S/C18H20Cl2N2O3S/c1-9(2)22-18(26)21-8-11-12(19)7-6-10(16(11)20)17(25)15-13(23)4-3-5-14(15)24/h6-7,9,15H,3-5,8H2,1-2H3,(H2,21,22,26). The zero-order valence-electron chi connectivity index (χ0n) is 14.5. The SMILES string of the molecule is CC(C)NC(=S)NCc1c(Cl)ccc(C(=O)C2C(=O)CCCC2=O)c1Cl. The van der Waals surface area contributed by atoms with Crippen molar-refractivity contribution in [2.45, 2.75) is 45.7 Å². The van der Waals surface area contributed by atoms with Gasteiger partial charge in [-0.1, -0.05) is 23.2 Å². The monoisotopic (exact) mass is 414 g/mol. The van der Waals surface area contributed by atoms with E-state index in [9.17, 15) is 14.4 Å². The Labute approximate surface area is 167 Å². The van der Waals surface area contributed by atoms with Crippen molar-refractivity contribution >= 4 is 57.9 Å². The molecular weight excluding hydrogens is 395 g/mol. The van der Waals surface area contributed by atoms with Crippen molar-refractivity contribution in [3.63, 3.8) is 0 Å². The molecule has 0 aliphatic heterocycles. The second-order valence-electron chi connectivity index (χ2n) is 6.45. The largest absolute Gasteiger partial charge is 0.361 e. The first kappa shape index (κ1) is 20.8. The first-order valence-corrected chi connectivity index (χ1v) is 9.49. The van der Waals surface area contributed by atoms with E-state index in [1.165, 1.54) is 12.1 Å². The third kappa shape index (κ3) is 4.81. The average molecular weight is 415 g/mol. The molecule has 1 aromatic rings. The highest BCUT2D eigenvalue weighted by Crippen LogP contribution is 2.31. The highest BCUT2D eigenvalue weighted by atomic mass is 35.5. The maximum Gasteiger partial charge on any atom is 0.182 e. The highest BCUT2D eigenvalue weighted by molar-refractivity contribution is 7.80. The quantitative estimate of drug-likeness (QED) is 0.436. The van der Waals surface area contributed by atoms with Crippen molar-refractivity contribution in [2.24, 2.45) is 5.92 Å². The van der Waals surface area contributed by atoms with Crippen LogP contribution < -0.4 is 10.6 Å². The molecule has 1 aromatic carbocycles. The van der Waals surface area contributed by atoms with E-state index in [4.69, 9.17) is 35.4 Å². The van der Waals surface area contributed by atoms with Crippen LogP contribution in [0.5, 0.6) is 0 Å². The minimum absolute atomic E-state index is 0.129. The third-order valence-corrected chi connectivity index (χ3v) is 5.10. The van der Waals surface area contributed by atoms with Crippen LogP contribution in [0, 0.1) is 5.92 Å². The summed E-state index contributed by atoms with van der Waals surface area (Å²) in [5.74, 6) is -2.52. The van der Waals surface area contributed by atoms with E-state index in [1.807, 2.05) is 13.8 Å². The Hall–Kier alpha value is -1.50. The second-order valence-corrected chi connectivity index (χ2v) is 7.65. The van der Waals surface area contributed by atoms with Crippen LogP contribution in [-0.2, 0) is 16.1 Å². The van der Waals surface area contributed by atoms with E-state index in [0.29, 0.717) is 22.1 Å². The summed E-state index contributed by atoms with van der Waals surface area (Å²) in [7, 11) is 0. The average Bonchev–Trinajstić information content (AvgIpc) is 2.53. The van der Waals surface area contributed by atoms with Gasteiger partial charge in [0, 0.05) is 41.6 Å². The van der Waals surface area contributed by atoms with Gasteiger partial charge >= 0.3 is 0 Å². The Kier molecular flexibility index (Phi) is 7.15. The number of hydrogen-bond acceptors (Lipinski definition) is 4. The summed E-state index contributed by atoms with van der Waals surface area (Å²) < 4.78 is 0. The van der Waals surface area contributed by atoms with Gasteiger partial charge in [0.2, 0.25) is 0 Å². The molecule has 26 heavy (non-hydrogen) atoms. The summed E-state index contributed by atoms with van der Waals surface area (Å²) >= 11 is 17.8. The van der Waals surface area contributed by atoms with Crippen molar-refractivity contribution in [2.75, 3.05) is 0 Å². The molecule has 0 spiro atoms. The van der Waals surface area contributed by atoms with Gasteiger partial charge in [-0.05, 0) is 44.6 Å². The number of halogens is 2. The summed E-state index contributed by atoms with van der Waals surface area (Å²) in [5, 5.41) is 6.95. The number of hydrogen-bond donors (Lipinski definition) is 2. The fourth-order valence-electron chi connectivity index (χ4n) is 2.78. The number of nitrogens with one attached hydrogen (secondary N) is 2. The summed E-state index contributed by atoms with van der Waals surface area (Å²) in [5.41, 5.74) is 0.618. The van der Waals surface area contributed by atoms with E-state index >= 15 is 0 Å². The zero-order valence-corrected chi connectivity index (χ0v) is 16.9. The van der Waals surface area contributed by atoms with Gasteiger partial charge in [0.25, 0.3) is 0 Å². The first-order chi connectivity index (χ1) is 12.2. The lowest BCUT2D eigenvalue weighted by Gasteiger charge is -2.20. The molecule has 1 aliphatic rings. The predicted molar refractivity (Wildman–Crippen MR) is 106 cm³/mol. The molecule has 0 radical (unpaired) electrons. The van der Waals surface area contributed by atoms with Crippen LogP contribution in [-0.4, -0.2) is 28.5 Å². The van der Waals surface area contributed by atoms with Crippen LogP contribution in [0.2, 0.25) is 10.0 Å². The number of benzene rings is 1. The lowest BCUT2D eigenvalue weighted by Crippen LogP contribution is -2.39. The van der Waals surface area contributed by atoms with Crippen LogP contribution >= 0.6 is 35.4 Å². The number of rotatable bonds is 5. The van der Waals surface area contributed by atoms with Crippen molar-refractivity contribution in [3.05, 3.63) is 33.3 Å². The number of carbonyl (C=O) groups is 3. The molecule has 0 unspecified atom stereocenters. The molecule has 2 N–H and O–H groups in total. The molecule has 1 saturated carbocycles. The van der Waals surface area contributed by atoms with Crippen molar-refractivity contribution < 1.29 is 14.4 Å². The first-order valence-electron chi connectivity index (χ1n) is 8.33. The Morgan fingerprint density at radius 1 is 1.23 bits per heavy atom. The lowest BCUT2D eigenvalue weighted by atomic mass is 9.81. The zero-order chi connectivity index (χ0) is 19.4. The van der Waals surface area contributed by atoms with Crippen LogP contribution in [0.15, 0.2) is 12.1 Å². The molecule has 0 bridgehead atoms. The molecule has 1 fully saturated rings. The Morgan fingerprint density at radius 3 is 2.42 bits per heavy atom. The van der Waals surface area contributed by atoms with Gasteiger partial charge < -0.3 is 10.6 Å². The lowest BCUT2D eigenvalue weighted by molar-refractivity contribution is -0.133. The minimum atomic E-state index is -1.26. The van der Waals surface area contributed by atoms with E-state index in [1.54, 1.807) is 0 Å². The normalized spacial score (nSPS) is 15.3. The predicted octanol–water partition coefficient (Wildman–Crippen LogP) is 3.49. The van der Waals surface area contributed by atoms with Gasteiger partial charge in [0.05, 0.1) is 5.02 Å². The van der Waals surface area contributed by atoms with Gasteiger partial charge in [-0.2, -0.15) is 0 Å². The minimum Gasteiger partial charge on any atom is -0.361 e. The van der Waals surface area contributed by atoms with Gasteiger partial charge in [-0.25, -0.2) is 0 Å². The van der Waals surface area contributed by atoms with Gasteiger partial charge in [-0.3, -0.25) is 14.4 Å². The van der Waals surface area contributed by atoms with E-state index in [-0.39, 0.29) is 47.6 Å². The molecule has 0 heterocycles. The molecule has 0 saturated heterocycles. The van der Waals surface area contributed by atoms with Crippen LogP contribution in [0.3, 0.4) is 0 Å². The smallest absolute Gasteiger partial charge is 0.182 e. The molecular formula is C18H20Cl2N2O3S. The van der Waals surface area contributed by atoms with Crippen LogP contribution in [0.25, 0.3) is 0 Å². The topological polar surface area (TPSA) is 75.3 Å². The molecule has 5 nitrogen and oxygen atoms in total. The Balaban J connectivity index is 2.25. The fraction of sp³-hybridized carbons (Fsp3) is 0.444.